The molecule has 1 saturated carbocycles. The zero-order valence-corrected chi connectivity index (χ0v) is 13.5. The van der Waals surface area contributed by atoms with Crippen LogP contribution in [0.25, 0.3) is 0 Å². The Kier molecular flexibility index (Phi) is 4.48. The van der Waals surface area contributed by atoms with E-state index in [1.807, 2.05) is 0 Å². The monoisotopic (exact) mass is 329 g/mol. The standard InChI is InChI=1S/C15H21Cl2N3O/c16-11-8-12(20-13(11)17)14(21)19-10-4-7-18-15(9-10)5-2-1-3-6-15/h8,10,18,20H,1-7,9H2,(H,19,21). The molecule has 116 valence electrons. The molecule has 2 heterocycles. The van der Waals surface area contributed by atoms with Crippen molar-refractivity contribution in [1.29, 1.82) is 0 Å². The van der Waals surface area contributed by atoms with Crippen LogP contribution < -0.4 is 10.6 Å². The van der Waals surface area contributed by atoms with Crippen LogP contribution in [-0.4, -0.2) is 29.0 Å². The molecule has 0 radical (unpaired) electrons. The van der Waals surface area contributed by atoms with Crippen LogP contribution in [0, 0.1) is 0 Å². The van der Waals surface area contributed by atoms with E-state index in [1.54, 1.807) is 6.07 Å². The summed E-state index contributed by atoms with van der Waals surface area (Å²) < 4.78 is 0. The summed E-state index contributed by atoms with van der Waals surface area (Å²) in [6, 6.07) is 1.80. The van der Waals surface area contributed by atoms with Gasteiger partial charge in [-0.25, -0.2) is 0 Å². The van der Waals surface area contributed by atoms with Crippen molar-refractivity contribution in [2.45, 2.75) is 56.5 Å². The number of carbonyl (C=O) groups is 1. The number of nitrogens with one attached hydrogen (secondary N) is 3. The Balaban J connectivity index is 1.63. The largest absolute Gasteiger partial charge is 0.348 e. The zero-order chi connectivity index (χ0) is 14.9. The molecule has 1 atom stereocenters. The average molecular weight is 330 g/mol. The van der Waals surface area contributed by atoms with Gasteiger partial charge in [0.25, 0.3) is 5.91 Å². The van der Waals surface area contributed by atoms with Crippen LogP contribution in [-0.2, 0) is 0 Å². The van der Waals surface area contributed by atoms with Crippen LogP contribution in [0.4, 0.5) is 0 Å². The van der Waals surface area contributed by atoms with Crippen molar-refractivity contribution >= 4 is 29.1 Å². The number of hydrogen-bond acceptors (Lipinski definition) is 2. The number of amides is 1. The Labute approximate surface area is 135 Å². The summed E-state index contributed by atoms with van der Waals surface area (Å²) in [6.07, 6.45) is 8.33. The molecule has 1 aromatic heterocycles. The van der Waals surface area contributed by atoms with Gasteiger partial charge in [-0.2, -0.15) is 0 Å². The first-order chi connectivity index (χ1) is 10.1. The van der Waals surface area contributed by atoms with E-state index in [1.165, 1.54) is 32.1 Å². The third-order valence-electron chi connectivity index (χ3n) is 4.75. The highest BCUT2D eigenvalue weighted by Crippen LogP contribution is 2.34. The van der Waals surface area contributed by atoms with Crippen LogP contribution in [0.15, 0.2) is 6.07 Å². The summed E-state index contributed by atoms with van der Waals surface area (Å²) in [5.74, 6) is -0.123. The van der Waals surface area contributed by atoms with Crippen molar-refractivity contribution < 1.29 is 4.79 Å². The van der Waals surface area contributed by atoms with E-state index in [9.17, 15) is 4.79 Å². The lowest BCUT2D eigenvalue weighted by Crippen LogP contribution is -2.57. The lowest BCUT2D eigenvalue weighted by Gasteiger charge is -2.44. The first-order valence-electron chi connectivity index (χ1n) is 7.68. The number of rotatable bonds is 2. The molecule has 1 aromatic rings. The van der Waals surface area contributed by atoms with E-state index in [2.05, 4.69) is 15.6 Å². The summed E-state index contributed by atoms with van der Waals surface area (Å²) in [6.45, 7) is 0.969. The van der Waals surface area contributed by atoms with Gasteiger partial charge < -0.3 is 15.6 Å². The molecular weight excluding hydrogens is 309 g/mol. The molecule has 0 bridgehead atoms. The van der Waals surface area contributed by atoms with E-state index >= 15 is 0 Å². The molecule has 1 aliphatic heterocycles. The Morgan fingerprint density at radius 3 is 2.71 bits per heavy atom. The van der Waals surface area contributed by atoms with Crippen molar-refractivity contribution in [3.05, 3.63) is 21.9 Å². The Morgan fingerprint density at radius 2 is 2.05 bits per heavy atom. The van der Waals surface area contributed by atoms with Gasteiger partial charge in [-0.05, 0) is 38.3 Å². The fourth-order valence-corrected chi connectivity index (χ4v) is 3.99. The maximum Gasteiger partial charge on any atom is 0.268 e. The summed E-state index contributed by atoms with van der Waals surface area (Å²) in [7, 11) is 0. The summed E-state index contributed by atoms with van der Waals surface area (Å²) in [5, 5.41) is 7.51. The van der Waals surface area contributed by atoms with Crippen LogP contribution in [0.5, 0.6) is 0 Å². The number of aromatic nitrogens is 1. The maximum atomic E-state index is 12.3. The van der Waals surface area contributed by atoms with Gasteiger partial charge in [-0.1, -0.05) is 42.5 Å². The van der Waals surface area contributed by atoms with Crippen molar-refractivity contribution in [2.24, 2.45) is 0 Å². The molecule has 3 N–H and O–H groups in total. The number of halogens is 2. The van der Waals surface area contributed by atoms with Crippen molar-refractivity contribution in [2.75, 3.05) is 6.54 Å². The molecule has 1 aliphatic carbocycles. The molecule has 1 amide bonds. The minimum Gasteiger partial charge on any atom is -0.348 e. The van der Waals surface area contributed by atoms with Crippen LogP contribution >= 0.6 is 23.2 Å². The molecule has 4 nitrogen and oxygen atoms in total. The third-order valence-corrected chi connectivity index (χ3v) is 5.44. The predicted molar refractivity (Wildman–Crippen MR) is 85.1 cm³/mol. The van der Waals surface area contributed by atoms with Gasteiger partial charge >= 0.3 is 0 Å². The smallest absolute Gasteiger partial charge is 0.268 e. The van der Waals surface area contributed by atoms with Gasteiger partial charge in [0.15, 0.2) is 0 Å². The number of aromatic amines is 1. The third kappa shape index (κ3) is 3.38. The fraction of sp³-hybridized carbons (Fsp3) is 0.667. The quantitative estimate of drug-likeness (QED) is 0.777. The highest BCUT2D eigenvalue weighted by molar-refractivity contribution is 6.41. The van der Waals surface area contributed by atoms with Gasteiger partial charge in [0.1, 0.15) is 10.8 Å². The predicted octanol–water partition coefficient (Wildman–Crippen LogP) is 3.51. The minimum absolute atomic E-state index is 0.123. The number of carbonyl (C=O) groups excluding carboxylic acids is 1. The zero-order valence-electron chi connectivity index (χ0n) is 12.0. The average Bonchev–Trinajstić information content (AvgIpc) is 2.80. The Bertz CT molecular complexity index is 498. The first-order valence-corrected chi connectivity index (χ1v) is 8.43. The number of hydrogen-bond donors (Lipinski definition) is 3. The SMILES string of the molecule is O=C(NC1CCNC2(CCCCC2)C1)c1cc(Cl)c(Cl)[nH]1. The fourth-order valence-electron chi connectivity index (χ4n) is 3.68. The summed E-state index contributed by atoms with van der Waals surface area (Å²) >= 11 is 11.7. The van der Waals surface area contributed by atoms with Gasteiger partial charge in [0.05, 0.1) is 5.02 Å². The van der Waals surface area contributed by atoms with Crippen LogP contribution in [0.3, 0.4) is 0 Å². The molecule has 2 aliphatic rings. The van der Waals surface area contributed by atoms with Crippen molar-refractivity contribution in [3.63, 3.8) is 0 Å². The van der Waals surface area contributed by atoms with Gasteiger partial charge in [0, 0.05) is 11.6 Å². The molecule has 3 rings (SSSR count). The molecule has 21 heavy (non-hydrogen) atoms. The van der Waals surface area contributed by atoms with Gasteiger partial charge in [-0.3, -0.25) is 4.79 Å². The van der Waals surface area contributed by atoms with E-state index in [0.717, 1.165) is 19.4 Å². The second-order valence-corrected chi connectivity index (χ2v) is 7.06. The van der Waals surface area contributed by atoms with Crippen LogP contribution in [0.2, 0.25) is 10.2 Å². The summed E-state index contributed by atoms with van der Waals surface area (Å²) in [5.41, 5.74) is 0.667. The Morgan fingerprint density at radius 1 is 1.29 bits per heavy atom. The highest BCUT2D eigenvalue weighted by Gasteiger charge is 2.37. The maximum absolute atomic E-state index is 12.3. The summed E-state index contributed by atoms with van der Waals surface area (Å²) in [4.78, 5) is 15.1. The van der Waals surface area contributed by atoms with E-state index in [0.29, 0.717) is 15.9 Å². The molecule has 1 unspecified atom stereocenters. The Hall–Kier alpha value is -0.710. The van der Waals surface area contributed by atoms with E-state index < -0.39 is 0 Å². The van der Waals surface area contributed by atoms with E-state index in [-0.39, 0.29) is 17.5 Å². The normalized spacial score (nSPS) is 25.0. The highest BCUT2D eigenvalue weighted by atomic mass is 35.5. The lowest BCUT2D eigenvalue weighted by atomic mass is 9.75. The molecule has 1 saturated heterocycles. The number of H-pyrrole nitrogens is 1. The minimum atomic E-state index is -0.123. The lowest BCUT2D eigenvalue weighted by molar-refractivity contribution is 0.0888. The van der Waals surface area contributed by atoms with Gasteiger partial charge in [0.2, 0.25) is 0 Å². The van der Waals surface area contributed by atoms with Crippen LogP contribution in [0.1, 0.15) is 55.4 Å². The topological polar surface area (TPSA) is 56.9 Å². The second-order valence-electron chi connectivity index (χ2n) is 6.28. The molecule has 0 aromatic carbocycles. The molecular formula is C15H21Cl2N3O. The molecule has 1 spiro atoms. The molecule has 6 heteroatoms. The van der Waals surface area contributed by atoms with Crippen molar-refractivity contribution in [3.8, 4) is 0 Å². The van der Waals surface area contributed by atoms with Crippen molar-refractivity contribution in [1.82, 2.24) is 15.6 Å². The first kappa shape index (κ1) is 15.2. The second kappa shape index (κ2) is 6.19. The van der Waals surface area contributed by atoms with E-state index in [4.69, 9.17) is 23.2 Å². The molecule has 2 fully saturated rings. The van der Waals surface area contributed by atoms with Gasteiger partial charge in [-0.15, -0.1) is 0 Å². The number of piperidine rings is 1.